The quantitative estimate of drug-likeness (QED) is 0.834. The highest BCUT2D eigenvalue weighted by molar-refractivity contribution is 6.07. The Morgan fingerprint density at radius 2 is 1.95 bits per heavy atom. The molecule has 2 fully saturated rings. The van der Waals surface area contributed by atoms with Gasteiger partial charge >= 0.3 is 6.03 Å². The number of amides is 3. The van der Waals surface area contributed by atoms with Crippen LogP contribution < -0.4 is 5.32 Å². The minimum atomic E-state index is -0.682. The highest BCUT2D eigenvalue weighted by atomic mass is 16.2. The SMILES string of the molecule is N#Cc1ccccc1CN1C(=O)NC2(CCCC2)C1=O. The summed E-state index contributed by atoms with van der Waals surface area (Å²) in [6.07, 6.45) is 3.37. The lowest BCUT2D eigenvalue weighted by molar-refractivity contribution is -0.131. The Labute approximate surface area is 117 Å². The number of carbonyl (C=O) groups excluding carboxylic acids is 2. The lowest BCUT2D eigenvalue weighted by atomic mass is 9.98. The van der Waals surface area contributed by atoms with Crippen molar-refractivity contribution in [3.05, 3.63) is 35.4 Å². The van der Waals surface area contributed by atoms with Gasteiger partial charge in [0.05, 0.1) is 18.2 Å². The van der Waals surface area contributed by atoms with E-state index in [1.54, 1.807) is 24.3 Å². The Bertz CT molecular complexity index is 612. The van der Waals surface area contributed by atoms with E-state index in [-0.39, 0.29) is 18.5 Å². The monoisotopic (exact) mass is 269 g/mol. The van der Waals surface area contributed by atoms with E-state index in [1.807, 2.05) is 0 Å². The molecular weight excluding hydrogens is 254 g/mol. The summed E-state index contributed by atoms with van der Waals surface area (Å²) in [6, 6.07) is 8.79. The molecule has 3 rings (SSSR count). The van der Waals surface area contributed by atoms with E-state index in [4.69, 9.17) is 5.26 Å². The molecule has 0 radical (unpaired) electrons. The van der Waals surface area contributed by atoms with Gasteiger partial charge in [-0.1, -0.05) is 31.0 Å². The Morgan fingerprint density at radius 3 is 2.65 bits per heavy atom. The van der Waals surface area contributed by atoms with Crippen LogP contribution in [0.1, 0.15) is 36.8 Å². The summed E-state index contributed by atoms with van der Waals surface area (Å²) in [5, 5.41) is 11.9. The van der Waals surface area contributed by atoms with Crippen LogP contribution in [0.2, 0.25) is 0 Å². The molecule has 1 saturated carbocycles. The fourth-order valence-corrected chi connectivity index (χ4v) is 3.07. The fraction of sp³-hybridized carbons (Fsp3) is 0.400. The van der Waals surface area contributed by atoms with Crippen LogP contribution in [0.25, 0.3) is 0 Å². The number of hydrogen-bond donors (Lipinski definition) is 1. The summed E-state index contributed by atoms with van der Waals surface area (Å²) in [5.74, 6) is -0.146. The van der Waals surface area contributed by atoms with E-state index >= 15 is 0 Å². The number of rotatable bonds is 2. The summed E-state index contributed by atoms with van der Waals surface area (Å²) < 4.78 is 0. The molecule has 1 aromatic rings. The van der Waals surface area contributed by atoms with Crippen molar-refractivity contribution in [2.24, 2.45) is 0 Å². The summed E-state index contributed by atoms with van der Waals surface area (Å²) in [4.78, 5) is 25.8. The van der Waals surface area contributed by atoms with E-state index in [9.17, 15) is 9.59 Å². The summed E-state index contributed by atoms with van der Waals surface area (Å²) in [7, 11) is 0. The number of imide groups is 1. The third kappa shape index (κ3) is 1.85. The lowest BCUT2D eigenvalue weighted by Gasteiger charge is -2.20. The van der Waals surface area contributed by atoms with Crippen LogP contribution in [0.5, 0.6) is 0 Å². The smallest absolute Gasteiger partial charge is 0.323 e. The fourth-order valence-electron chi connectivity index (χ4n) is 3.07. The van der Waals surface area contributed by atoms with Gasteiger partial charge in [0.1, 0.15) is 5.54 Å². The van der Waals surface area contributed by atoms with Gasteiger partial charge in [0, 0.05) is 0 Å². The number of urea groups is 1. The van der Waals surface area contributed by atoms with Gasteiger partial charge in [-0.3, -0.25) is 9.69 Å². The second-order valence-corrected chi connectivity index (χ2v) is 5.38. The van der Waals surface area contributed by atoms with Crippen LogP contribution in [0.15, 0.2) is 24.3 Å². The number of carbonyl (C=O) groups is 2. The normalized spacial score (nSPS) is 20.2. The summed E-state index contributed by atoms with van der Waals surface area (Å²) in [5.41, 5.74) is 0.521. The van der Waals surface area contributed by atoms with Gasteiger partial charge in [0.15, 0.2) is 0 Å². The molecule has 1 aliphatic carbocycles. The second kappa shape index (κ2) is 4.64. The predicted molar refractivity (Wildman–Crippen MR) is 71.4 cm³/mol. The molecule has 0 unspecified atom stereocenters. The van der Waals surface area contributed by atoms with E-state index in [2.05, 4.69) is 11.4 Å². The number of nitrogens with zero attached hydrogens (tertiary/aromatic N) is 2. The molecule has 0 bridgehead atoms. The molecule has 1 N–H and O–H groups in total. The molecular formula is C15H15N3O2. The zero-order valence-electron chi connectivity index (χ0n) is 11.1. The molecule has 102 valence electrons. The van der Waals surface area contributed by atoms with Crippen LogP contribution in [-0.4, -0.2) is 22.4 Å². The molecule has 1 aromatic carbocycles. The Hall–Kier alpha value is -2.35. The van der Waals surface area contributed by atoms with Crippen molar-refractivity contribution >= 4 is 11.9 Å². The van der Waals surface area contributed by atoms with Crippen LogP contribution >= 0.6 is 0 Å². The first-order valence-corrected chi connectivity index (χ1v) is 6.78. The predicted octanol–water partition coefficient (Wildman–Crippen LogP) is 1.92. The van der Waals surface area contributed by atoms with Crippen molar-refractivity contribution in [3.8, 4) is 6.07 Å². The molecule has 1 aliphatic heterocycles. The molecule has 5 nitrogen and oxygen atoms in total. The minimum Gasteiger partial charge on any atom is -0.323 e. The van der Waals surface area contributed by atoms with Crippen molar-refractivity contribution in [1.29, 1.82) is 5.26 Å². The topological polar surface area (TPSA) is 73.2 Å². The first kappa shape index (κ1) is 12.7. The first-order chi connectivity index (χ1) is 9.66. The molecule has 0 atom stereocenters. The van der Waals surface area contributed by atoms with Crippen molar-refractivity contribution in [1.82, 2.24) is 10.2 Å². The van der Waals surface area contributed by atoms with Crippen LogP contribution in [0, 0.1) is 11.3 Å². The van der Waals surface area contributed by atoms with Crippen molar-refractivity contribution in [2.45, 2.75) is 37.8 Å². The summed E-state index contributed by atoms with van der Waals surface area (Å²) in [6.45, 7) is 0.163. The molecule has 1 heterocycles. The van der Waals surface area contributed by atoms with E-state index in [1.165, 1.54) is 4.90 Å². The van der Waals surface area contributed by atoms with Gasteiger partial charge in [-0.15, -0.1) is 0 Å². The van der Waals surface area contributed by atoms with E-state index in [0.29, 0.717) is 24.0 Å². The Kier molecular flexibility index (Phi) is 2.94. The maximum atomic E-state index is 12.5. The third-order valence-corrected chi connectivity index (χ3v) is 4.17. The summed E-state index contributed by atoms with van der Waals surface area (Å²) >= 11 is 0. The average molecular weight is 269 g/mol. The molecule has 2 aliphatic rings. The zero-order valence-corrected chi connectivity index (χ0v) is 11.1. The van der Waals surface area contributed by atoms with Crippen molar-refractivity contribution in [3.63, 3.8) is 0 Å². The van der Waals surface area contributed by atoms with E-state index in [0.717, 1.165) is 12.8 Å². The van der Waals surface area contributed by atoms with Gasteiger partial charge in [-0.25, -0.2) is 4.79 Å². The largest absolute Gasteiger partial charge is 0.325 e. The van der Waals surface area contributed by atoms with Crippen molar-refractivity contribution < 1.29 is 9.59 Å². The second-order valence-electron chi connectivity index (χ2n) is 5.38. The zero-order chi connectivity index (χ0) is 14.2. The van der Waals surface area contributed by atoms with E-state index < -0.39 is 5.54 Å². The van der Waals surface area contributed by atoms with Gasteiger partial charge in [0.25, 0.3) is 5.91 Å². The number of nitriles is 1. The highest BCUT2D eigenvalue weighted by Crippen LogP contribution is 2.35. The molecule has 20 heavy (non-hydrogen) atoms. The van der Waals surface area contributed by atoms with Crippen LogP contribution in [0.3, 0.4) is 0 Å². The first-order valence-electron chi connectivity index (χ1n) is 6.78. The van der Waals surface area contributed by atoms with Gasteiger partial charge in [0.2, 0.25) is 0 Å². The minimum absolute atomic E-state index is 0.146. The highest BCUT2D eigenvalue weighted by Gasteiger charge is 2.52. The molecule has 3 amide bonds. The van der Waals surface area contributed by atoms with Crippen LogP contribution in [0.4, 0.5) is 4.79 Å². The van der Waals surface area contributed by atoms with Gasteiger partial charge < -0.3 is 5.32 Å². The molecule has 1 spiro atoms. The lowest BCUT2D eigenvalue weighted by Crippen LogP contribution is -2.44. The van der Waals surface area contributed by atoms with Crippen molar-refractivity contribution in [2.75, 3.05) is 0 Å². The van der Waals surface area contributed by atoms with Gasteiger partial charge in [-0.05, 0) is 24.5 Å². The Balaban J connectivity index is 1.86. The average Bonchev–Trinajstić information content (AvgIpc) is 3.01. The maximum Gasteiger partial charge on any atom is 0.325 e. The number of hydrogen-bond acceptors (Lipinski definition) is 3. The molecule has 0 aromatic heterocycles. The van der Waals surface area contributed by atoms with Gasteiger partial charge in [-0.2, -0.15) is 5.26 Å². The van der Waals surface area contributed by atoms with Crippen LogP contribution in [-0.2, 0) is 11.3 Å². The Morgan fingerprint density at radius 1 is 1.25 bits per heavy atom. The standard InChI is InChI=1S/C15H15N3O2/c16-9-11-5-1-2-6-12(11)10-18-13(19)15(17-14(18)20)7-3-4-8-15/h1-2,5-6H,3-4,7-8,10H2,(H,17,20). The third-order valence-electron chi connectivity index (χ3n) is 4.17. The molecule has 1 saturated heterocycles. The maximum absolute atomic E-state index is 12.5. The molecule has 5 heteroatoms. The number of nitrogens with one attached hydrogen (secondary N) is 1. The number of benzene rings is 1.